The molecule has 6 nitrogen and oxygen atoms in total. The molecule has 0 aromatic carbocycles. The van der Waals surface area contributed by atoms with Crippen LogP contribution in [0.3, 0.4) is 0 Å². The number of ether oxygens (including phenoxy) is 3. The van der Waals surface area contributed by atoms with Crippen molar-refractivity contribution >= 4 is 17.9 Å². The summed E-state index contributed by atoms with van der Waals surface area (Å²) < 4.78 is 16.8. The molecule has 0 aromatic heterocycles. The Labute approximate surface area is 429 Å². The van der Waals surface area contributed by atoms with E-state index in [1.807, 2.05) is 0 Å². The molecule has 0 radical (unpaired) electrons. The minimum atomic E-state index is -0.764. The number of esters is 3. The maximum absolute atomic E-state index is 12.8. The predicted molar refractivity (Wildman–Crippen MR) is 298 cm³/mol. The second-order valence-electron chi connectivity index (χ2n) is 20.6. The van der Waals surface area contributed by atoms with Gasteiger partial charge in [-0.15, -0.1) is 0 Å². The first-order valence-corrected chi connectivity index (χ1v) is 30.5. The molecule has 6 heteroatoms. The van der Waals surface area contributed by atoms with Crippen LogP contribution in [0, 0.1) is 0 Å². The van der Waals surface area contributed by atoms with Gasteiger partial charge in [0, 0.05) is 19.3 Å². The molecule has 0 saturated carbocycles. The summed E-state index contributed by atoms with van der Waals surface area (Å²) in [4.78, 5) is 38.0. The van der Waals surface area contributed by atoms with Gasteiger partial charge in [-0.3, -0.25) is 14.4 Å². The highest BCUT2D eigenvalue weighted by atomic mass is 16.6. The molecule has 1 atom stereocenters. The zero-order valence-corrected chi connectivity index (χ0v) is 46.3. The van der Waals surface area contributed by atoms with Crippen molar-refractivity contribution in [2.24, 2.45) is 0 Å². The summed E-state index contributed by atoms with van der Waals surface area (Å²) in [7, 11) is 0. The molecule has 0 saturated heterocycles. The molecule has 0 amide bonds. The van der Waals surface area contributed by atoms with Gasteiger partial charge in [0.2, 0.25) is 0 Å². The molecule has 0 aliphatic carbocycles. The molecule has 1 unspecified atom stereocenters. The molecule has 404 valence electrons. The molecule has 0 N–H and O–H groups in total. The minimum absolute atomic E-state index is 0.0664. The van der Waals surface area contributed by atoms with Crippen molar-refractivity contribution in [3.63, 3.8) is 0 Å². The average Bonchev–Trinajstić information content (AvgIpc) is 3.35. The van der Waals surface area contributed by atoms with Crippen molar-refractivity contribution in [2.75, 3.05) is 13.2 Å². The van der Waals surface area contributed by atoms with E-state index in [-0.39, 0.29) is 31.1 Å². The molecule has 0 aromatic rings. The van der Waals surface area contributed by atoms with Gasteiger partial charge in [-0.1, -0.05) is 288 Å². The van der Waals surface area contributed by atoms with Crippen LogP contribution < -0.4 is 0 Å². The topological polar surface area (TPSA) is 78.9 Å². The summed E-state index contributed by atoms with van der Waals surface area (Å²) in [5.74, 6) is -0.853. The number of unbranched alkanes of at least 4 members (excludes halogenated alkanes) is 39. The summed E-state index contributed by atoms with van der Waals surface area (Å²) in [6.07, 6.45) is 70.3. The normalized spacial score (nSPS) is 12.2. The van der Waals surface area contributed by atoms with E-state index in [2.05, 4.69) is 57.2 Å². The summed E-state index contributed by atoms with van der Waals surface area (Å²) in [6.45, 7) is 6.64. The van der Waals surface area contributed by atoms with E-state index in [1.165, 1.54) is 218 Å². The van der Waals surface area contributed by atoms with Gasteiger partial charge in [0.15, 0.2) is 6.10 Å². The fourth-order valence-corrected chi connectivity index (χ4v) is 9.04. The smallest absolute Gasteiger partial charge is 0.306 e. The molecule has 0 aliphatic rings. The highest BCUT2D eigenvalue weighted by Crippen LogP contribution is 2.17. The quantitative estimate of drug-likeness (QED) is 0.0261. The van der Waals surface area contributed by atoms with Gasteiger partial charge in [0.25, 0.3) is 0 Å². The number of rotatable bonds is 56. The van der Waals surface area contributed by atoms with E-state index in [4.69, 9.17) is 14.2 Å². The Morgan fingerprint density at radius 3 is 0.812 bits per heavy atom. The van der Waals surface area contributed by atoms with Gasteiger partial charge >= 0.3 is 17.9 Å². The third-order valence-corrected chi connectivity index (χ3v) is 13.6. The fourth-order valence-electron chi connectivity index (χ4n) is 9.04. The molecular formula is C63H116O6. The Bertz CT molecular complexity index is 1160. The maximum atomic E-state index is 12.8. The third-order valence-electron chi connectivity index (χ3n) is 13.6. The van der Waals surface area contributed by atoms with Crippen molar-refractivity contribution in [1.82, 2.24) is 0 Å². The lowest BCUT2D eigenvalue weighted by atomic mass is 10.0. The number of allylic oxidation sites excluding steroid dienone is 6. The van der Waals surface area contributed by atoms with E-state index < -0.39 is 6.10 Å². The highest BCUT2D eigenvalue weighted by Gasteiger charge is 2.19. The predicted octanol–water partition coefficient (Wildman–Crippen LogP) is 20.4. The minimum Gasteiger partial charge on any atom is -0.462 e. The third kappa shape index (κ3) is 56.4. The van der Waals surface area contributed by atoms with Crippen LogP contribution in [-0.4, -0.2) is 37.2 Å². The Morgan fingerprint density at radius 2 is 0.522 bits per heavy atom. The van der Waals surface area contributed by atoms with Crippen LogP contribution in [0.2, 0.25) is 0 Å². The van der Waals surface area contributed by atoms with Crippen molar-refractivity contribution in [3.8, 4) is 0 Å². The number of hydrogen-bond acceptors (Lipinski definition) is 6. The Morgan fingerprint density at radius 1 is 0.290 bits per heavy atom. The lowest BCUT2D eigenvalue weighted by Crippen LogP contribution is -2.30. The zero-order valence-electron chi connectivity index (χ0n) is 46.3. The van der Waals surface area contributed by atoms with Gasteiger partial charge in [-0.25, -0.2) is 0 Å². The van der Waals surface area contributed by atoms with Crippen LogP contribution in [0.5, 0.6) is 0 Å². The molecule has 0 rings (SSSR count). The van der Waals surface area contributed by atoms with Gasteiger partial charge in [0.05, 0.1) is 0 Å². The standard InChI is InChI=1S/C63H116O6/c1-4-7-10-13-16-19-21-22-23-24-25-26-27-28-29-30-31-32-33-34-35-36-37-38-39-40-42-44-47-50-53-56-62(65)68-59-60(58-67-61(64)55-52-49-46-43-18-15-12-9-6-3)69-63(66)57-54-51-48-45-41-20-17-14-11-8-5-2/h21-22,24-25,27-28,60H,4-20,23,26,29-59H2,1-3H3/b22-21-,25-24-,28-27-. The Balaban J connectivity index is 4.01. The van der Waals surface area contributed by atoms with Crippen LogP contribution >= 0.6 is 0 Å². The number of carbonyl (C=O) groups is 3. The summed E-state index contributed by atoms with van der Waals surface area (Å²) >= 11 is 0. The first kappa shape index (κ1) is 66.6. The Hall–Kier alpha value is -2.37. The van der Waals surface area contributed by atoms with E-state index >= 15 is 0 Å². The van der Waals surface area contributed by atoms with Gasteiger partial charge in [0.1, 0.15) is 13.2 Å². The molecule has 0 heterocycles. The van der Waals surface area contributed by atoms with Crippen molar-refractivity contribution in [3.05, 3.63) is 36.5 Å². The highest BCUT2D eigenvalue weighted by molar-refractivity contribution is 5.71. The van der Waals surface area contributed by atoms with Crippen LogP contribution in [0.15, 0.2) is 36.5 Å². The van der Waals surface area contributed by atoms with Gasteiger partial charge in [-0.05, 0) is 57.8 Å². The Kier molecular flexibility index (Phi) is 56.2. The summed E-state index contributed by atoms with van der Waals surface area (Å²) in [5, 5.41) is 0. The first-order chi connectivity index (χ1) is 34.0. The number of carbonyl (C=O) groups excluding carboxylic acids is 3. The summed E-state index contributed by atoms with van der Waals surface area (Å²) in [6, 6.07) is 0. The number of hydrogen-bond donors (Lipinski definition) is 0. The van der Waals surface area contributed by atoms with Gasteiger partial charge < -0.3 is 14.2 Å². The largest absolute Gasteiger partial charge is 0.462 e. The SMILES string of the molecule is CCCCCCC/C=C\C/C=C\C/C=C\CCCCCCCCCCCCCCCCCCC(=O)OCC(COC(=O)CCCCCCCCCCC)OC(=O)CCCCCCCCCCCCC. The first-order valence-electron chi connectivity index (χ1n) is 30.5. The zero-order chi connectivity index (χ0) is 50.0. The van der Waals surface area contributed by atoms with E-state index in [0.29, 0.717) is 19.3 Å². The van der Waals surface area contributed by atoms with Crippen molar-refractivity contribution < 1.29 is 28.6 Å². The second kappa shape index (κ2) is 58.2. The van der Waals surface area contributed by atoms with E-state index in [1.54, 1.807) is 0 Å². The van der Waals surface area contributed by atoms with Crippen LogP contribution in [0.4, 0.5) is 0 Å². The van der Waals surface area contributed by atoms with E-state index in [9.17, 15) is 14.4 Å². The van der Waals surface area contributed by atoms with Crippen molar-refractivity contribution in [1.29, 1.82) is 0 Å². The van der Waals surface area contributed by atoms with E-state index in [0.717, 1.165) is 70.6 Å². The summed E-state index contributed by atoms with van der Waals surface area (Å²) in [5.41, 5.74) is 0. The molecule has 0 spiro atoms. The molecule has 0 aliphatic heterocycles. The fraction of sp³-hybridized carbons (Fsp3) is 0.857. The van der Waals surface area contributed by atoms with Crippen LogP contribution in [-0.2, 0) is 28.6 Å². The second-order valence-corrected chi connectivity index (χ2v) is 20.6. The maximum Gasteiger partial charge on any atom is 0.306 e. The lowest BCUT2D eigenvalue weighted by Gasteiger charge is -2.18. The molecule has 69 heavy (non-hydrogen) atoms. The molecule has 0 bridgehead atoms. The molecule has 0 fully saturated rings. The van der Waals surface area contributed by atoms with Crippen LogP contribution in [0.25, 0.3) is 0 Å². The average molecular weight is 970 g/mol. The monoisotopic (exact) mass is 969 g/mol. The lowest BCUT2D eigenvalue weighted by molar-refractivity contribution is -0.167. The van der Waals surface area contributed by atoms with Crippen LogP contribution in [0.1, 0.15) is 329 Å². The van der Waals surface area contributed by atoms with Crippen molar-refractivity contribution in [2.45, 2.75) is 335 Å². The van der Waals surface area contributed by atoms with Gasteiger partial charge in [-0.2, -0.15) is 0 Å². The molecular weight excluding hydrogens is 853 g/mol.